The van der Waals surface area contributed by atoms with E-state index >= 15 is 8.78 Å². The molecule has 0 amide bonds. The normalized spacial score (nSPS) is 24.5. The van der Waals surface area contributed by atoms with Gasteiger partial charge in [0.05, 0.1) is 42.5 Å². The summed E-state index contributed by atoms with van der Waals surface area (Å²) < 4.78 is 58.4. The number of anilines is 2. The molecule has 3 aromatic heterocycles. The van der Waals surface area contributed by atoms with Crippen LogP contribution in [-0.4, -0.2) is 90.1 Å². The highest BCUT2D eigenvalue weighted by Crippen LogP contribution is 2.46. The lowest BCUT2D eigenvalue weighted by Gasteiger charge is -2.35. The lowest BCUT2D eigenvalue weighted by molar-refractivity contribution is 0.00706. The number of fused-ring (bicyclic) bond motifs is 3. The molecular weight excluding hydrogens is 643 g/mol. The summed E-state index contributed by atoms with van der Waals surface area (Å²) in [6, 6.07) is 7.00. The maximum Gasteiger partial charge on any atom is 0.319 e. The number of rotatable bonds is 7. The summed E-state index contributed by atoms with van der Waals surface area (Å²) in [5.41, 5.74) is 6.32. The van der Waals surface area contributed by atoms with Crippen LogP contribution in [0.1, 0.15) is 42.9 Å². The monoisotopic (exact) mass is 675 g/mol. The number of thiophene rings is 1. The van der Waals surface area contributed by atoms with Gasteiger partial charge in [0.15, 0.2) is 11.6 Å². The van der Waals surface area contributed by atoms with Crippen molar-refractivity contribution in [3.63, 3.8) is 0 Å². The van der Waals surface area contributed by atoms with Gasteiger partial charge in [-0.15, -0.1) is 11.3 Å². The molecule has 11 nitrogen and oxygen atoms in total. The van der Waals surface area contributed by atoms with Crippen molar-refractivity contribution in [3.8, 4) is 29.3 Å². The fraction of sp³-hybridized carbons (Fsp3) is 0.485. The highest BCUT2D eigenvalue weighted by molar-refractivity contribution is 7.22. The van der Waals surface area contributed by atoms with Gasteiger partial charge in [-0.2, -0.15) is 20.5 Å². The number of nitrogens with zero attached hydrogens (tertiary/aromatic N) is 7. The SMILES string of the molecule is N#CC[C@H]1CN(c2nc(OC[C@@]34CCCN3C[C@H](F)C4)nc3c(C#N)c(-c4c(F)ccc5sc(N)c(F)c45)c(C4COC4)nc23)CCN1. The van der Waals surface area contributed by atoms with Crippen LogP contribution in [0.5, 0.6) is 6.01 Å². The van der Waals surface area contributed by atoms with Crippen molar-refractivity contribution in [2.75, 3.05) is 63.2 Å². The third-order valence-corrected chi connectivity index (χ3v) is 11.1. The zero-order valence-corrected chi connectivity index (χ0v) is 26.8. The predicted octanol–water partition coefficient (Wildman–Crippen LogP) is 4.40. The standard InChI is InChI=1S/C33H32F3N9O2S/c34-18-10-33(5-1-8-45(33)12-18)16-47-32-42-28-20(11-38)23(24-21(35)2-3-22-25(24)26(36)30(39)48-22)27(17-14-46-15-17)41-29(28)31(43-32)44-9-7-40-19(13-44)4-6-37/h2-3,17-19,40H,1,4-5,7-10,12-16,39H2/t18-,19+,33+/m1/s1. The van der Waals surface area contributed by atoms with Gasteiger partial charge in [-0.05, 0) is 31.5 Å². The molecule has 3 N–H and O–H groups in total. The number of nitrogens with one attached hydrogen (secondary N) is 1. The number of nitriles is 2. The Hall–Kier alpha value is -4.28. The average Bonchev–Trinajstić information content (AvgIpc) is 3.68. The molecule has 0 spiro atoms. The molecule has 4 aliphatic rings. The first-order valence-electron chi connectivity index (χ1n) is 16.1. The van der Waals surface area contributed by atoms with Gasteiger partial charge in [0.2, 0.25) is 0 Å². The molecule has 0 unspecified atom stereocenters. The summed E-state index contributed by atoms with van der Waals surface area (Å²) in [5, 5.41) is 23.5. The van der Waals surface area contributed by atoms with Crippen molar-refractivity contribution in [3.05, 3.63) is 35.0 Å². The molecule has 0 aliphatic carbocycles. The van der Waals surface area contributed by atoms with Crippen molar-refractivity contribution < 1.29 is 22.6 Å². The van der Waals surface area contributed by atoms with Gasteiger partial charge in [-0.3, -0.25) is 4.90 Å². The van der Waals surface area contributed by atoms with Gasteiger partial charge in [0, 0.05) is 65.8 Å². The molecule has 1 aromatic carbocycles. The van der Waals surface area contributed by atoms with Crippen molar-refractivity contribution >= 4 is 43.3 Å². The van der Waals surface area contributed by atoms with Gasteiger partial charge in [0.1, 0.15) is 40.7 Å². The van der Waals surface area contributed by atoms with Crippen LogP contribution >= 0.6 is 11.3 Å². The summed E-state index contributed by atoms with van der Waals surface area (Å²) in [7, 11) is 0. The van der Waals surface area contributed by atoms with E-state index in [2.05, 4.69) is 22.4 Å². The fourth-order valence-electron chi connectivity index (χ4n) is 7.76. The van der Waals surface area contributed by atoms with Crippen LogP contribution in [-0.2, 0) is 4.74 Å². The van der Waals surface area contributed by atoms with Gasteiger partial charge >= 0.3 is 6.01 Å². The number of nitrogens with two attached hydrogens (primary N) is 1. The van der Waals surface area contributed by atoms with E-state index in [1.54, 1.807) is 0 Å². The smallest absolute Gasteiger partial charge is 0.319 e. The summed E-state index contributed by atoms with van der Waals surface area (Å²) in [5.74, 6) is -1.38. The van der Waals surface area contributed by atoms with Crippen LogP contribution in [0.4, 0.5) is 24.0 Å². The van der Waals surface area contributed by atoms with E-state index in [1.165, 1.54) is 12.1 Å². The number of nitrogen functional groups attached to an aromatic ring is 1. The molecule has 4 fully saturated rings. The van der Waals surface area contributed by atoms with Gasteiger partial charge in [0.25, 0.3) is 0 Å². The number of pyridine rings is 1. The predicted molar refractivity (Wildman–Crippen MR) is 174 cm³/mol. The Bertz CT molecular complexity index is 2030. The molecular formula is C33H32F3N9O2S. The third kappa shape index (κ3) is 4.99. The maximum atomic E-state index is 16.0. The molecule has 0 bridgehead atoms. The van der Waals surface area contributed by atoms with Gasteiger partial charge < -0.3 is 25.4 Å². The Morgan fingerprint density at radius 3 is 2.75 bits per heavy atom. The number of aromatic nitrogens is 3. The number of alkyl halides is 1. The van der Waals surface area contributed by atoms with E-state index in [0.717, 1.165) is 30.7 Å². The van der Waals surface area contributed by atoms with Crippen LogP contribution in [0, 0.1) is 34.3 Å². The van der Waals surface area contributed by atoms with Crippen LogP contribution < -0.4 is 20.7 Å². The summed E-state index contributed by atoms with van der Waals surface area (Å²) >= 11 is 0.997. The first-order chi connectivity index (χ1) is 23.3. The summed E-state index contributed by atoms with van der Waals surface area (Å²) in [6.07, 6.45) is 1.39. The van der Waals surface area contributed by atoms with Crippen molar-refractivity contribution in [1.82, 2.24) is 25.2 Å². The van der Waals surface area contributed by atoms with E-state index in [1.807, 2.05) is 4.90 Å². The Balaban J connectivity index is 1.35. The number of ether oxygens (including phenoxy) is 2. The first-order valence-corrected chi connectivity index (χ1v) is 16.9. The van der Waals surface area contributed by atoms with E-state index in [4.69, 9.17) is 30.2 Å². The molecule has 7 heterocycles. The molecule has 4 saturated heterocycles. The highest BCUT2D eigenvalue weighted by Gasteiger charge is 2.49. The zero-order valence-electron chi connectivity index (χ0n) is 25.9. The van der Waals surface area contributed by atoms with Gasteiger partial charge in [-0.25, -0.2) is 18.2 Å². The fourth-order valence-corrected chi connectivity index (χ4v) is 8.62. The molecule has 4 aromatic rings. The Morgan fingerprint density at radius 1 is 1.12 bits per heavy atom. The Labute approximate surface area is 278 Å². The van der Waals surface area contributed by atoms with Crippen molar-refractivity contribution in [1.29, 1.82) is 10.5 Å². The Kier molecular flexibility index (Phi) is 7.75. The minimum atomic E-state index is -0.949. The number of halogens is 3. The molecule has 248 valence electrons. The second kappa shape index (κ2) is 12.0. The minimum Gasteiger partial charge on any atom is -0.461 e. The summed E-state index contributed by atoms with van der Waals surface area (Å²) in [4.78, 5) is 18.7. The topological polar surface area (TPSA) is 149 Å². The molecule has 0 saturated carbocycles. The first kappa shape index (κ1) is 31.0. The van der Waals surface area contributed by atoms with Crippen LogP contribution in [0.15, 0.2) is 12.1 Å². The molecule has 15 heteroatoms. The lowest BCUT2D eigenvalue weighted by atomic mass is 9.88. The number of hydrogen-bond donors (Lipinski definition) is 2. The molecule has 8 rings (SSSR count). The second-order valence-electron chi connectivity index (χ2n) is 13.0. The zero-order chi connectivity index (χ0) is 33.2. The van der Waals surface area contributed by atoms with Crippen LogP contribution in [0.25, 0.3) is 32.2 Å². The Morgan fingerprint density at radius 2 is 1.98 bits per heavy atom. The van der Waals surface area contributed by atoms with E-state index < -0.39 is 23.3 Å². The minimum absolute atomic E-state index is 0.0000236. The molecule has 48 heavy (non-hydrogen) atoms. The van der Waals surface area contributed by atoms with E-state index in [0.29, 0.717) is 54.3 Å². The lowest BCUT2D eigenvalue weighted by Crippen LogP contribution is -2.51. The number of hydrogen-bond acceptors (Lipinski definition) is 12. The van der Waals surface area contributed by atoms with Crippen LogP contribution in [0.2, 0.25) is 0 Å². The average molecular weight is 676 g/mol. The van der Waals surface area contributed by atoms with Crippen molar-refractivity contribution in [2.24, 2.45) is 0 Å². The second-order valence-corrected chi connectivity index (χ2v) is 14.1. The third-order valence-electron chi connectivity index (χ3n) is 10.1. The molecule has 4 aliphatic heterocycles. The quantitative estimate of drug-likeness (QED) is 0.287. The largest absolute Gasteiger partial charge is 0.461 e. The van der Waals surface area contributed by atoms with Crippen LogP contribution in [0.3, 0.4) is 0 Å². The number of benzene rings is 1. The molecule has 3 atom stereocenters. The number of piperazine rings is 1. The van der Waals surface area contributed by atoms with Gasteiger partial charge in [-0.1, -0.05) is 0 Å². The summed E-state index contributed by atoms with van der Waals surface area (Å²) in [6.45, 7) is 3.39. The van der Waals surface area contributed by atoms with E-state index in [9.17, 15) is 14.9 Å². The van der Waals surface area contributed by atoms with E-state index in [-0.39, 0.29) is 76.8 Å². The molecule has 0 radical (unpaired) electrons. The van der Waals surface area contributed by atoms with Crippen molar-refractivity contribution in [2.45, 2.75) is 49.4 Å². The maximum absolute atomic E-state index is 16.0. The highest BCUT2D eigenvalue weighted by atomic mass is 32.1.